The molecule has 0 saturated carbocycles. The fourth-order valence-corrected chi connectivity index (χ4v) is 1.95. The Hall–Kier alpha value is -2.27. The number of para-hydroxylation sites is 1. The number of aryl methyl sites for hydroxylation is 1. The molecule has 1 aromatic heterocycles. The highest BCUT2D eigenvalue weighted by Gasteiger charge is 2.11. The number of nitrogens with one attached hydrogen (secondary N) is 1. The van der Waals surface area contributed by atoms with Gasteiger partial charge in [-0.15, -0.1) is 0 Å². The summed E-state index contributed by atoms with van der Waals surface area (Å²) < 4.78 is 16.1. The van der Waals surface area contributed by atoms with Crippen molar-refractivity contribution in [2.45, 2.75) is 20.0 Å². The summed E-state index contributed by atoms with van der Waals surface area (Å²) in [5.74, 6) is 1.49. The van der Waals surface area contributed by atoms with Gasteiger partial charge in [0.05, 0.1) is 0 Å². The summed E-state index contributed by atoms with van der Waals surface area (Å²) in [6, 6.07) is 11.2. The molecule has 2 aromatic rings. The third-order valence-electron chi connectivity index (χ3n) is 3.16. The number of rotatable bonds is 8. The van der Waals surface area contributed by atoms with Crippen LogP contribution in [-0.4, -0.2) is 26.2 Å². The van der Waals surface area contributed by atoms with Gasteiger partial charge >= 0.3 is 0 Å². The SMILES string of the molecule is COCCCNC(=O)c1ccc(COc2ccccc2C)o1. The maximum atomic E-state index is 11.9. The molecule has 22 heavy (non-hydrogen) atoms. The predicted octanol–water partition coefficient (Wildman–Crippen LogP) is 2.93. The molecule has 1 aromatic carbocycles. The van der Waals surface area contributed by atoms with Crippen molar-refractivity contribution in [3.63, 3.8) is 0 Å². The molecule has 0 aliphatic rings. The van der Waals surface area contributed by atoms with Gasteiger partial charge in [-0.05, 0) is 37.1 Å². The van der Waals surface area contributed by atoms with E-state index >= 15 is 0 Å². The van der Waals surface area contributed by atoms with Gasteiger partial charge in [-0.1, -0.05) is 18.2 Å². The van der Waals surface area contributed by atoms with Gasteiger partial charge in [-0.2, -0.15) is 0 Å². The standard InChI is InChI=1S/C17H21NO4/c1-13-6-3-4-7-15(13)21-12-14-8-9-16(22-14)17(19)18-10-5-11-20-2/h3-4,6-9H,5,10-12H2,1-2H3,(H,18,19). The van der Waals surface area contributed by atoms with Crippen LogP contribution in [0.15, 0.2) is 40.8 Å². The molecule has 1 N–H and O–H groups in total. The van der Waals surface area contributed by atoms with Gasteiger partial charge in [-0.3, -0.25) is 4.79 Å². The molecular formula is C17H21NO4. The highest BCUT2D eigenvalue weighted by Crippen LogP contribution is 2.18. The Bertz CT molecular complexity index is 606. The number of hydrogen-bond acceptors (Lipinski definition) is 4. The molecule has 0 saturated heterocycles. The number of ether oxygens (including phenoxy) is 2. The fourth-order valence-electron chi connectivity index (χ4n) is 1.95. The van der Waals surface area contributed by atoms with Crippen molar-refractivity contribution >= 4 is 5.91 Å². The minimum atomic E-state index is -0.224. The van der Waals surface area contributed by atoms with E-state index in [0.29, 0.717) is 31.3 Å². The van der Waals surface area contributed by atoms with E-state index in [1.165, 1.54) is 0 Å². The molecule has 1 heterocycles. The van der Waals surface area contributed by atoms with Crippen molar-refractivity contribution in [2.75, 3.05) is 20.3 Å². The molecule has 2 rings (SSSR count). The van der Waals surface area contributed by atoms with Crippen LogP contribution in [0.3, 0.4) is 0 Å². The molecule has 5 heteroatoms. The third-order valence-corrected chi connectivity index (χ3v) is 3.16. The summed E-state index contributed by atoms with van der Waals surface area (Å²) in [7, 11) is 1.63. The van der Waals surface area contributed by atoms with E-state index in [9.17, 15) is 4.79 Å². The lowest BCUT2D eigenvalue weighted by Crippen LogP contribution is -2.24. The van der Waals surface area contributed by atoms with Crippen LogP contribution in [0.5, 0.6) is 5.75 Å². The highest BCUT2D eigenvalue weighted by molar-refractivity contribution is 5.91. The molecule has 0 atom stereocenters. The largest absolute Gasteiger partial charge is 0.485 e. The van der Waals surface area contributed by atoms with E-state index in [1.807, 2.05) is 31.2 Å². The molecule has 1 amide bonds. The van der Waals surface area contributed by atoms with Crippen LogP contribution in [-0.2, 0) is 11.3 Å². The van der Waals surface area contributed by atoms with Crippen LogP contribution in [0.2, 0.25) is 0 Å². The van der Waals surface area contributed by atoms with Gasteiger partial charge in [-0.25, -0.2) is 0 Å². The van der Waals surface area contributed by atoms with Crippen molar-refractivity contribution in [3.8, 4) is 5.75 Å². The van der Waals surface area contributed by atoms with E-state index < -0.39 is 0 Å². The van der Waals surface area contributed by atoms with Crippen molar-refractivity contribution in [3.05, 3.63) is 53.5 Å². The van der Waals surface area contributed by atoms with Crippen molar-refractivity contribution < 1.29 is 18.7 Å². The van der Waals surface area contributed by atoms with Crippen LogP contribution >= 0.6 is 0 Å². The first kappa shape index (κ1) is 16.1. The van der Waals surface area contributed by atoms with Gasteiger partial charge in [0.25, 0.3) is 5.91 Å². The zero-order chi connectivity index (χ0) is 15.8. The minimum Gasteiger partial charge on any atom is -0.485 e. The average molecular weight is 303 g/mol. The molecular weight excluding hydrogens is 282 g/mol. The van der Waals surface area contributed by atoms with Crippen molar-refractivity contribution in [1.29, 1.82) is 0 Å². The molecule has 0 spiro atoms. The maximum absolute atomic E-state index is 11.9. The number of hydrogen-bond donors (Lipinski definition) is 1. The smallest absolute Gasteiger partial charge is 0.286 e. The molecule has 118 valence electrons. The Balaban J connectivity index is 1.83. The zero-order valence-corrected chi connectivity index (χ0v) is 12.9. The van der Waals surface area contributed by atoms with Crippen LogP contribution < -0.4 is 10.1 Å². The van der Waals surface area contributed by atoms with E-state index in [4.69, 9.17) is 13.9 Å². The molecule has 0 bridgehead atoms. The fraction of sp³-hybridized carbons (Fsp3) is 0.353. The predicted molar refractivity (Wildman–Crippen MR) is 83.0 cm³/mol. The molecule has 0 aliphatic heterocycles. The normalized spacial score (nSPS) is 10.5. The maximum Gasteiger partial charge on any atom is 0.286 e. The lowest BCUT2D eigenvalue weighted by atomic mass is 10.2. The van der Waals surface area contributed by atoms with E-state index in [2.05, 4.69) is 5.32 Å². The lowest BCUT2D eigenvalue weighted by molar-refractivity contribution is 0.0917. The first-order chi connectivity index (χ1) is 10.7. The first-order valence-electron chi connectivity index (χ1n) is 7.25. The summed E-state index contributed by atoms with van der Waals surface area (Å²) in [4.78, 5) is 11.9. The molecule has 5 nitrogen and oxygen atoms in total. The second kappa shape index (κ2) is 8.24. The highest BCUT2D eigenvalue weighted by atomic mass is 16.5. The van der Waals surface area contributed by atoms with Gasteiger partial charge in [0, 0.05) is 20.3 Å². The average Bonchev–Trinajstić information content (AvgIpc) is 3.00. The minimum absolute atomic E-state index is 0.224. The number of benzene rings is 1. The quantitative estimate of drug-likeness (QED) is 0.762. The van der Waals surface area contributed by atoms with Crippen LogP contribution in [0.25, 0.3) is 0 Å². The van der Waals surface area contributed by atoms with Crippen molar-refractivity contribution in [2.24, 2.45) is 0 Å². The van der Waals surface area contributed by atoms with E-state index in [-0.39, 0.29) is 5.91 Å². The number of furan rings is 1. The molecule has 0 aliphatic carbocycles. The Morgan fingerprint density at radius 2 is 2.05 bits per heavy atom. The van der Waals surface area contributed by atoms with E-state index in [0.717, 1.165) is 17.7 Å². The number of carbonyl (C=O) groups excluding carboxylic acids is 1. The second-order valence-electron chi connectivity index (χ2n) is 4.92. The summed E-state index contributed by atoms with van der Waals surface area (Å²) in [5, 5.41) is 2.78. The molecule has 0 unspecified atom stereocenters. The van der Waals surface area contributed by atoms with Crippen molar-refractivity contribution in [1.82, 2.24) is 5.32 Å². The van der Waals surface area contributed by atoms with Gasteiger partial charge in [0.15, 0.2) is 5.76 Å². The van der Waals surface area contributed by atoms with Crippen LogP contribution in [0, 0.1) is 6.92 Å². The summed E-state index contributed by atoms with van der Waals surface area (Å²) in [5.41, 5.74) is 1.06. The topological polar surface area (TPSA) is 60.7 Å². The number of carbonyl (C=O) groups is 1. The second-order valence-corrected chi connectivity index (χ2v) is 4.92. The Morgan fingerprint density at radius 1 is 1.23 bits per heavy atom. The molecule has 0 fully saturated rings. The van der Waals surface area contributed by atoms with Crippen LogP contribution in [0.1, 0.15) is 28.3 Å². The third kappa shape index (κ3) is 4.63. The Kier molecular flexibility index (Phi) is 6.03. The summed E-state index contributed by atoms with van der Waals surface area (Å²) in [6.45, 7) is 3.45. The number of methoxy groups -OCH3 is 1. The number of amides is 1. The van der Waals surface area contributed by atoms with Gasteiger partial charge in [0.1, 0.15) is 18.1 Å². The Morgan fingerprint density at radius 3 is 2.82 bits per heavy atom. The van der Waals surface area contributed by atoms with Gasteiger partial charge in [0.2, 0.25) is 0 Å². The van der Waals surface area contributed by atoms with Gasteiger partial charge < -0.3 is 19.2 Å². The first-order valence-corrected chi connectivity index (χ1v) is 7.25. The van der Waals surface area contributed by atoms with Crippen LogP contribution in [0.4, 0.5) is 0 Å². The lowest BCUT2D eigenvalue weighted by Gasteiger charge is -2.06. The summed E-state index contributed by atoms with van der Waals surface area (Å²) >= 11 is 0. The zero-order valence-electron chi connectivity index (χ0n) is 12.9. The Labute approximate surface area is 130 Å². The molecule has 0 radical (unpaired) electrons. The summed E-state index contributed by atoms with van der Waals surface area (Å²) in [6.07, 6.45) is 0.770. The monoisotopic (exact) mass is 303 g/mol. The van der Waals surface area contributed by atoms with E-state index in [1.54, 1.807) is 19.2 Å².